The van der Waals surface area contributed by atoms with Crippen LogP contribution in [0.15, 0.2) is 78.0 Å². The number of nitrogens with one attached hydrogen (secondary N) is 1. The molecule has 1 N–H and O–H groups in total. The van der Waals surface area contributed by atoms with Gasteiger partial charge in [-0.25, -0.2) is 8.42 Å². The number of rotatable bonds is 9. The molecule has 0 saturated carbocycles. The van der Waals surface area contributed by atoms with Crippen molar-refractivity contribution < 1.29 is 22.7 Å². The van der Waals surface area contributed by atoms with E-state index in [-0.39, 0.29) is 11.4 Å². The molecule has 0 spiro atoms. The Labute approximate surface area is 181 Å². The number of pyridine rings is 1. The van der Waals surface area contributed by atoms with Crippen LogP contribution in [0.5, 0.6) is 11.5 Å². The van der Waals surface area contributed by atoms with Gasteiger partial charge in [-0.1, -0.05) is 18.2 Å². The predicted octanol–water partition coefficient (Wildman–Crippen LogP) is 2.93. The molecule has 9 heteroatoms. The van der Waals surface area contributed by atoms with Crippen molar-refractivity contribution in [3.05, 3.63) is 78.6 Å². The van der Waals surface area contributed by atoms with E-state index in [2.05, 4.69) is 10.3 Å². The Kier molecular flexibility index (Phi) is 7.22. The van der Waals surface area contributed by atoms with Gasteiger partial charge in [0.15, 0.2) is 0 Å². The van der Waals surface area contributed by atoms with E-state index in [4.69, 9.17) is 9.47 Å². The summed E-state index contributed by atoms with van der Waals surface area (Å²) in [4.78, 5) is 16.7. The van der Waals surface area contributed by atoms with Crippen LogP contribution < -0.4 is 14.8 Å². The number of hydrogen-bond donors (Lipinski definition) is 1. The predicted molar refractivity (Wildman–Crippen MR) is 116 cm³/mol. The highest BCUT2D eigenvalue weighted by atomic mass is 32.2. The van der Waals surface area contributed by atoms with Crippen molar-refractivity contribution in [2.45, 2.75) is 11.4 Å². The van der Waals surface area contributed by atoms with Gasteiger partial charge < -0.3 is 14.8 Å². The van der Waals surface area contributed by atoms with Crippen LogP contribution in [-0.4, -0.2) is 44.4 Å². The third kappa shape index (κ3) is 5.59. The van der Waals surface area contributed by atoms with Gasteiger partial charge in [0.05, 0.1) is 37.5 Å². The van der Waals surface area contributed by atoms with E-state index in [1.165, 1.54) is 32.5 Å². The van der Waals surface area contributed by atoms with Crippen molar-refractivity contribution in [1.29, 1.82) is 0 Å². The Hall–Kier alpha value is -3.43. The number of ether oxygens (including phenoxy) is 2. The Balaban J connectivity index is 1.94. The van der Waals surface area contributed by atoms with Gasteiger partial charge in [0.25, 0.3) is 0 Å². The largest absolute Gasteiger partial charge is 0.497 e. The van der Waals surface area contributed by atoms with Crippen molar-refractivity contribution in [2.24, 2.45) is 0 Å². The minimum Gasteiger partial charge on any atom is -0.497 e. The van der Waals surface area contributed by atoms with Crippen LogP contribution in [0.4, 0.5) is 5.69 Å². The number of aromatic nitrogens is 1. The van der Waals surface area contributed by atoms with Gasteiger partial charge in [0, 0.05) is 18.3 Å². The topological polar surface area (TPSA) is 97.8 Å². The monoisotopic (exact) mass is 441 g/mol. The molecule has 1 amide bonds. The fourth-order valence-corrected chi connectivity index (χ4v) is 4.36. The fraction of sp³-hybridized carbons (Fsp3) is 0.182. The lowest BCUT2D eigenvalue weighted by Gasteiger charge is -2.23. The summed E-state index contributed by atoms with van der Waals surface area (Å²) in [6, 6.07) is 16.4. The van der Waals surface area contributed by atoms with Crippen molar-refractivity contribution in [3.8, 4) is 11.5 Å². The summed E-state index contributed by atoms with van der Waals surface area (Å²) in [6.07, 6.45) is 3.07. The van der Waals surface area contributed by atoms with Crippen LogP contribution in [0.25, 0.3) is 0 Å². The molecular weight excluding hydrogens is 418 g/mol. The molecule has 0 unspecified atom stereocenters. The molecule has 0 atom stereocenters. The second-order valence-corrected chi connectivity index (χ2v) is 8.49. The number of amides is 1. The first-order valence-corrected chi connectivity index (χ1v) is 10.8. The standard InChI is InChI=1S/C22H23N3O5S/c1-29-19-10-11-21(30-2)17(13-19)15-25(31(27,28)20-8-4-3-5-9-20)16-22(26)24-18-7-6-12-23-14-18/h3-14H,15-16H2,1-2H3,(H,24,26). The molecule has 0 radical (unpaired) electrons. The molecular formula is C22H23N3O5S. The van der Waals surface area contributed by atoms with Gasteiger partial charge >= 0.3 is 0 Å². The van der Waals surface area contributed by atoms with Crippen molar-refractivity contribution in [2.75, 3.05) is 26.1 Å². The zero-order valence-electron chi connectivity index (χ0n) is 17.2. The average Bonchev–Trinajstić information content (AvgIpc) is 2.79. The Morgan fingerprint density at radius 3 is 2.45 bits per heavy atom. The van der Waals surface area contributed by atoms with E-state index >= 15 is 0 Å². The summed E-state index contributed by atoms with van der Waals surface area (Å²) in [6.45, 7) is -0.482. The zero-order valence-corrected chi connectivity index (χ0v) is 18.0. The van der Waals surface area contributed by atoms with E-state index in [9.17, 15) is 13.2 Å². The van der Waals surface area contributed by atoms with Crippen LogP contribution >= 0.6 is 0 Å². The first kappa shape index (κ1) is 22.3. The highest BCUT2D eigenvalue weighted by molar-refractivity contribution is 7.89. The number of carbonyl (C=O) groups excluding carboxylic acids is 1. The minimum atomic E-state index is -3.97. The quantitative estimate of drug-likeness (QED) is 0.548. The molecule has 0 aliphatic rings. The van der Waals surface area contributed by atoms with Crippen molar-refractivity contribution in [3.63, 3.8) is 0 Å². The summed E-state index contributed by atoms with van der Waals surface area (Å²) < 4.78 is 38.4. The van der Waals surface area contributed by atoms with Crippen molar-refractivity contribution >= 4 is 21.6 Å². The number of methoxy groups -OCH3 is 2. The molecule has 1 heterocycles. The molecule has 31 heavy (non-hydrogen) atoms. The highest BCUT2D eigenvalue weighted by Crippen LogP contribution is 2.27. The first-order valence-electron chi connectivity index (χ1n) is 9.40. The summed E-state index contributed by atoms with van der Waals surface area (Å²) in [5.74, 6) is 0.545. The fourth-order valence-electron chi connectivity index (χ4n) is 2.96. The van der Waals surface area contributed by atoms with Crippen LogP contribution in [-0.2, 0) is 21.4 Å². The summed E-state index contributed by atoms with van der Waals surface area (Å²) in [5, 5.41) is 2.67. The maximum absolute atomic E-state index is 13.3. The van der Waals surface area contributed by atoms with Gasteiger partial charge in [0.2, 0.25) is 15.9 Å². The summed E-state index contributed by atoms with van der Waals surface area (Å²) in [5.41, 5.74) is 1.04. The number of anilines is 1. The highest BCUT2D eigenvalue weighted by Gasteiger charge is 2.28. The third-order valence-corrected chi connectivity index (χ3v) is 6.29. The molecule has 162 valence electrons. The molecule has 0 aliphatic heterocycles. The second-order valence-electron chi connectivity index (χ2n) is 6.55. The zero-order chi connectivity index (χ0) is 22.3. The molecule has 8 nitrogen and oxygen atoms in total. The van der Waals surface area contributed by atoms with Gasteiger partial charge in [-0.3, -0.25) is 9.78 Å². The molecule has 3 rings (SSSR count). The lowest BCUT2D eigenvalue weighted by molar-refractivity contribution is -0.116. The summed E-state index contributed by atoms with van der Waals surface area (Å²) in [7, 11) is -0.955. The maximum Gasteiger partial charge on any atom is 0.243 e. The van der Waals surface area contributed by atoms with Gasteiger partial charge in [-0.2, -0.15) is 4.31 Å². The molecule has 2 aromatic carbocycles. The second kappa shape index (κ2) is 10.1. The smallest absolute Gasteiger partial charge is 0.243 e. The third-order valence-electron chi connectivity index (χ3n) is 4.48. The van der Waals surface area contributed by atoms with E-state index in [0.29, 0.717) is 22.7 Å². The SMILES string of the molecule is COc1ccc(OC)c(CN(CC(=O)Nc2cccnc2)S(=O)(=O)c2ccccc2)c1. The Morgan fingerprint density at radius 2 is 1.81 bits per heavy atom. The molecule has 0 saturated heterocycles. The van der Waals surface area contributed by atoms with Crippen LogP contribution in [0.3, 0.4) is 0 Å². The molecule has 0 fully saturated rings. The van der Waals surface area contributed by atoms with Crippen LogP contribution in [0, 0.1) is 0 Å². The molecule has 0 aliphatic carbocycles. The van der Waals surface area contributed by atoms with Crippen LogP contribution in [0.2, 0.25) is 0 Å². The lowest BCUT2D eigenvalue weighted by atomic mass is 10.2. The average molecular weight is 442 g/mol. The van der Waals surface area contributed by atoms with Crippen LogP contribution in [0.1, 0.15) is 5.56 Å². The molecule has 1 aromatic heterocycles. The number of hydrogen-bond acceptors (Lipinski definition) is 6. The van der Waals surface area contributed by atoms with E-state index in [0.717, 1.165) is 4.31 Å². The minimum absolute atomic E-state index is 0.0853. The number of carbonyl (C=O) groups is 1. The van der Waals surface area contributed by atoms with E-state index in [1.807, 2.05) is 0 Å². The maximum atomic E-state index is 13.3. The molecule has 3 aromatic rings. The molecule has 0 bridgehead atoms. The van der Waals surface area contributed by atoms with E-state index in [1.54, 1.807) is 54.7 Å². The van der Waals surface area contributed by atoms with E-state index < -0.39 is 22.5 Å². The normalized spacial score (nSPS) is 11.2. The first-order chi connectivity index (χ1) is 14.9. The van der Waals surface area contributed by atoms with Gasteiger partial charge in [-0.15, -0.1) is 0 Å². The number of nitrogens with zero attached hydrogens (tertiary/aromatic N) is 2. The van der Waals surface area contributed by atoms with Gasteiger partial charge in [0.1, 0.15) is 11.5 Å². The van der Waals surface area contributed by atoms with Gasteiger partial charge in [-0.05, 0) is 42.5 Å². The Bertz CT molecular complexity index is 1120. The summed E-state index contributed by atoms with van der Waals surface area (Å²) >= 11 is 0. The van der Waals surface area contributed by atoms with Crippen molar-refractivity contribution in [1.82, 2.24) is 9.29 Å². The lowest BCUT2D eigenvalue weighted by Crippen LogP contribution is -2.37. The Morgan fingerprint density at radius 1 is 1.03 bits per heavy atom. The number of sulfonamides is 1. The number of benzene rings is 2.